The smallest absolute Gasteiger partial charge is 0.314 e. The lowest BCUT2D eigenvalue weighted by Crippen LogP contribution is -2.43. The molecule has 0 radical (unpaired) electrons. The Balaban J connectivity index is 2.59. The largest absolute Gasteiger partial charge is 0.481 e. The standard InChI is InChI=1S/C13H14F2O2/c1-8(14)11-9(4-2-5-10(11)15)13(12(16)17)6-3-7-13/h2,4-5,8H,3,6-7H2,1H3,(H,16,17). The van der Waals surface area contributed by atoms with Crippen molar-refractivity contribution in [1.82, 2.24) is 0 Å². The highest BCUT2D eigenvalue weighted by Crippen LogP contribution is 2.47. The van der Waals surface area contributed by atoms with Crippen LogP contribution in [0, 0.1) is 5.82 Å². The van der Waals surface area contributed by atoms with Crippen LogP contribution in [0.1, 0.15) is 43.5 Å². The number of hydrogen-bond acceptors (Lipinski definition) is 1. The van der Waals surface area contributed by atoms with Crippen LogP contribution in [0.4, 0.5) is 8.78 Å². The quantitative estimate of drug-likeness (QED) is 0.879. The second-order valence-corrected chi connectivity index (χ2v) is 4.56. The summed E-state index contributed by atoms with van der Waals surface area (Å²) in [6, 6.07) is 4.14. The van der Waals surface area contributed by atoms with Crippen molar-refractivity contribution >= 4 is 5.97 Å². The van der Waals surface area contributed by atoms with E-state index >= 15 is 0 Å². The van der Waals surface area contributed by atoms with Crippen molar-refractivity contribution in [2.45, 2.75) is 37.8 Å². The van der Waals surface area contributed by atoms with Crippen LogP contribution in [0.25, 0.3) is 0 Å². The van der Waals surface area contributed by atoms with E-state index in [2.05, 4.69) is 0 Å². The molecule has 0 aliphatic heterocycles. The monoisotopic (exact) mass is 240 g/mol. The van der Waals surface area contributed by atoms with Gasteiger partial charge in [0.15, 0.2) is 0 Å². The minimum Gasteiger partial charge on any atom is -0.481 e. The summed E-state index contributed by atoms with van der Waals surface area (Å²) in [5, 5.41) is 9.29. The molecule has 0 spiro atoms. The van der Waals surface area contributed by atoms with Gasteiger partial charge in [0.05, 0.1) is 5.41 Å². The number of alkyl halides is 1. The van der Waals surface area contributed by atoms with Crippen molar-refractivity contribution in [3.05, 3.63) is 35.1 Å². The Morgan fingerprint density at radius 2 is 2.12 bits per heavy atom. The average Bonchev–Trinajstić information content (AvgIpc) is 2.14. The highest BCUT2D eigenvalue weighted by molar-refractivity contribution is 5.83. The fourth-order valence-corrected chi connectivity index (χ4v) is 2.49. The van der Waals surface area contributed by atoms with Gasteiger partial charge in [0.2, 0.25) is 0 Å². The Labute approximate surface area is 98.3 Å². The molecule has 2 nitrogen and oxygen atoms in total. The molecule has 1 aliphatic carbocycles. The third-order valence-corrected chi connectivity index (χ3v) is 3.58. The fraction of sp³-hybridized carbons (Fsp3) is 0.462. The van der Waals surface area contributed by atoms with Crippen molar-refractivity contribution in [3.63, 3.8) is 0 Å². The molecule has 0 heterocycles. The van der Waals surface area contributed by atoms with E-state index in [1.54, 1.807) is 0 Å². The topological polar surface area (TPSA) is 37.3 Å². The summed E-state index contributed by atoms with van der Waals surface area (Å²) in [5.74, 6) is -1.65. The van der Waals surface area contributed by atoms with Crippen LogP contribution in [0.3, 0.4) is 0 Å². The van der Waals surface area contributed by atoms with Crippen molar-refractivity contribution in [1.29, 1.82) is 0 Å². The molecule has 17 heavy (non-hydrogen) atoms. The summed E-state index contributed by atoms with van der Waals surface area (Å²) in [6.07, 6.45) is 0.183. The molecule has 1 atom stereocenters. The van der Waals surface area contributed by atoms with E-state index in [0.29, 0.717) is 18.4 Å². The zero-order valence-electron chi connectivity index (χ0n) is 9.54. The van der Waals surface area contributed by atoms with E-state index < -0.39 is 23.4 Å². The first kappa shape index (κ1) is 12.0. The van der Waals surface area contributed by atoms with Crippen molar-refractivity contribution < 1.29 is 18.7 Å². The molecule has 1 aliphatic rings. The molecule has 1 aromatic carbocycles. The normalized spacial score (nSPS) is 19.5. The number of benzene rings is 1. The Morgan fingerprint density at radius 3 is 2.53 bits per heavy atom. The predicted molar refractivity (Wildman–Crippen MR) is 59.1 cm³/mol. The van der Waals surface area contributed by atoms with Gasteiger partial charge in [-0.05, 0) is 31.4 Å². The number of carbonyl (C=O) groups is 1. The predicted octanol–water partition coefficient (Wildman–Crippen LogP) is 3.36. The molecule has 0 saturated heterocycles. The number of halogens is 2. The van der Waals surface area contributed by atoms with Gasteiger partial charge in [0, 0.05) is 5.56 Å². The van der Waals surface area contributed by atoms with Crippen LogP contribution in [0.5, 0.6) is 0 Å². The second-order valence-electron chi connectivity index (χ2n) is 4.56. The van der Waals surface area contributed by atoms with Gasteiger partial charge < -0.3 is 5.11 Å². The number of carboxylic acids is 1. The van der Waals surface area contributed by atoms with Crippen molar-refractivity contribution in [3.8, 4) is 0 Å². The van der Waals surface area contributed by atoms with Crippen LogP contribution in [0.15, 0.2) is 18.2 Å². The van der Waals surface area contributed by atoms with Crippen LogP contribution in [-0.2, 0) is 10.2 Å². The maximum Gasteiger partial charge on any atom is 0.314 e. The lowest BCUT2D eigenvalue weighted by Gasteiger charge is -2.39. The SMILES string of the molecule is CC(F)c1c(F)cccc1C1(C(=O)O)CCC1. The van der Waals surface area contributed by atoms with E-state index in [9.17, 15) is 18.7 Å². The maximum absolute atomic E-state index is 13.6. The number of rotatable bonds is 3. The lowest BCUT2D eigenvalue weighted by molar-refractivity contribution is -0.147. The third kappa shape index (κ3) is 1.72. The van der Waals surface area contributed by atoms with E-state index in [1.807, 2.05) is 0 Å². The Hall–Kier alpha value is -1.45. The molecular weight excluding hydrogens is 226 g/mol. The summed E-state index contributed by atoms with van der Waals surface area (Å²) in [4.78, 5) is 11.3. The highest BCUT2D eigenvalue weighted by Gasteiger charge is 2.48. The Bertz CT molecular complexity index is 451. The van der Waals surface area contributed by atoms with Crippen LogP contribution >= 0.6 is 0 Å². The minimum atomic E-state index is -1.50. The summed E-state index contributed by atoms with van der Waals surface area (Å²) in [7, 11) is 0. The lowest BCUT2D eigenvalue weighted by atomic mass is 9.63. The Morgan fingerprint density at radius 1 is 1.47 bits per heavy atom. The molecule has 1 aromatic rings. The Kier molecular flexibility index (Phi) is 2.89. The van der Waals surface area contributed by atoms with Crippen molar-refractivity contribution in [2.75, 3.05) is 0 Å². The zero-order chi connectivity index (χ0) is 12.6. The molecule has 4 heteroatoms. The summed E-state index contributed by atoms with van der Waals surface area (Å²) in [5.41, 5.74) is -0.890. The van der Waals surface area contributed by atoms with Gasteiger partial charge in [-0.1, -0.05) is 18.6 Å². The van der Waals surface area contributed by atoms with Gasteiger partial charge in [-0.2, -0.15) is 0 Å². The first-order chi connectivity index (χ1) is 7.99. The number of carboxylic acid groups (broad SMARTS) is 1. The average molecular weight is 240 g/mol. The number of aliphatic carboxylic acids is 1. The first-order valence-corrected chi connectivity index (χ1v) is 5.65. The molecule has 1 saturated carbocycles. The van der Waals surface area contributed by atoms with Crippen molar-refractivity contribution in [2.24, 2.45) is 0 Å². The van der Waals surface area contributed by atoms with Gasteiger partial charge in [-0.15, -0.1) is 0 Å². The molecule has 1 fully saturated rings. The molecule has 92 valence electrons. The van der Waals surface area contributed by atoms with Gasteiger partial charge >= 0.3 is 5.97 Å². The molecule has 2 rings (SSSR count). The maximum atomic E-state index is 13.6. The fourth-order valence-electron chi connectivity index (χ4n) is 2.49. The first-order valence-electron chi connectivity index (χ1n) is 5.65. The van der Waals surface area contributed by atoms with Gasteiger partial charge in [0.1, 0.15) is 12.0 Å². The van der Waals surface area contributed by atoms with E-state index in [-0.39, 0.29) is 5.56 Å². The molecule has 1 N–H and O–H groups in total. The molecule has 0 amide bonds. The highest BCUT2D eigenvalue weighted by atomic mass is 19.1. The van der Waals surface area contributed by atoms with Crippen LogP contribution in [-0.4, -0.2) is 11.1 Å². The molecule has 0 bridgehead atoms. The van der Waals surface area contributed by atoms with Gasteiger partial charge in [-0.3, -0.25) is 4.79 Å². The summed E-state index contributed by atoms with van der Waals surface area (Å²) < 4.78 is 27.1. The number of hydrogen-bond donors (Lipinski definition) is 1. The van der Waals surface area contributed by atoms with E-state index in [4.69, 9.17) is 0 Å². The second kappa shape index (κ2) is 4.09. The van der Waals surface area contributed by atoms with E-state index in [1.165, 1.54) is 25.1 Å². The zero-order valence-corrected chi connectivity index (χ0v) is 9.54. The molecule has 1 unspecified atom stereocenters. The summed E-state index contributed by atoms with van der Waals surface area (Å²) in [6.45, 7) is 1.23. The van der Waals surface area contributed by atoms with Crippen LogP contribution in [0.2, 0.25) is 0 Å². The molecule has 0 aromatic heterocycles. The molecular formula is C13H14F2O2. The van der Waals surface area contributed by atoms with Crippen LogP contribution < -0.4 is 0 Å². The van der Waals surface area contributed by atoms with E-state index in [0.717, 1.165) is 6.42 Å². The minimum absolute atomic E-state index is 0.102. The van der Waals surface area contributed by atoms with Gasteiger partial charge in [0.25, 0.3) is 0 Å². The van der Waals surface area contributed by atoms with Gasteiger partial charge in [-0.25, -0.2) is 8.78 Å². The third-order valence-electron chi connectivity index (χ3n) is 3.58. The summed E-state index contributed by atoms with van der Waals surface area (Å²) >= 11 is 0.